The summed E-state index contributed by atoms with van der Waals surface area (Å²) in [6, 6.07) is 2.40. The molecular weight excluding hydrogens is 590 g/mol. The van der Waals surface area contributed by atoms with Gasteiger partial charge in [-0.3, -0.25) is 9.98 Å². The molecule has 1 atom stereocenters. The maximum Gasteiger partial charge on any atom is 0.342 e. The molecule has 7 nitrogen and oxygen atoms in total. The molecule has 0 amide bonds. The fourth-order valence-corrected chi connectivity index (χ4v) is 6.01. The number of aliphatic imine (C=N–C) groups is 2. The Labute approximate surface area is 258 Å². The molecule has 4 heterocycles. The Morgan fingerprint density at radius 3 is 2.14 bits per heavy atom. The number of hydrogen-bond donors (Lipinski definition) is 2. The normalized spacial score (nSPS) is 23.6. The van der Waals surface area contributed by atoms with Crippen LogP contribution < -0.4 is 10.7 Å². The van der Waals surface area contributed by atoms with Gasteiger partial charge in [-0.15, -0.1) is 0 Å². The van der Waals surface area contributed by atoms with Crippen molar-refractivity contribution in [2.75, 3.05) is 0 Å². The predicted molar refractivity (Wildman–Crippen MR) is 174 cm³/mol. The number of halogens is 1. The molecule has 1 unspecified atom stereocenters. The van der Waals surface area contributed by atoms with Gasteiger partial charge in [-0.1, -0.05) is 27.7 Å². The lowest BCUT2D eigenvalue weighted by Gasteiger charge is -2.29. The monoisotopic (exact) mass is 633 g/mol. The number of carbonyl (C=O) groups excluding carboxylic acids is 1. The van der Waals surface area contributed by atoms with Crippen LogP contribution in [-0.2, 0) is 9.53 Å². The smallest absolute Gasteiger partial charge is 0.342 e. The Kier molecular flexibility index (Phi) is 7.95. The number of nitrogens with zero attached hydrogens (tertiary/aromatic N) is 3. The van der Waals surface area contributed by atoms with E-state index in [0.29, 0.717) is 24.1 Å². The van der Waals surface area contributed by atoms with Crippen LogP contribution in [0.15, 0.2) is 26.4 Å². The number of aromatic nitrogens is 2. The Morgan fingerprint density at radius 2 is 1.62 bits per heavy atom. The Balaban J connectivity index is 1.94. The van der Waals surface area contributed by atoms with E-state index in [2.05, 4.69) is 86.5 Å². The zero-order valence-electron chi connectivity index (χ0n) is 27.1. The summed E-state index contributed by atoms with van der Waals surface area (Å²) in [7, 11) is 0. The molecule has 2 aliphatic rings. The molecule has 2 aromatic rings. The van der Waals surface area contributed by atoms with E-state index in [9.17, 15) is 10.1 Å². The van der Waals surface area contributed by atoms with Crippen molar-refractivity contribution in [1.29, 1.82) is 5.26 Å². The van der Waals surface area contributed by atoms with Crippen LogP contribution in [0.5, 0.6) is 0 Å². The number of esters is 1. The van der Waals surface area contributed by atoms with Crippen molar-refractivity contribution in [1.82, 2.24) is 9.97 Å². The molecule has 0 fully saturated rings. The highest BCUT2D eigenvalue weighted by molar-refractivity contribution is 9.10. The van der Waals surface area contributed by atoms with Crippen molar-refractivity contribution in [3.63, 3.8) is 0 Å². The molecule has 0 spiro atoms. The lowest BCUT2D eigenvalue weighted by Crippen LogP contribution is -2.34. The summed E-state index contributed by atoms with van der Waals surface area (Å²) in [5.74, 6) is -0.403. The van der Waals surface area contributed by atoms with Gasteiger partial charge in [-0.25, -0.2) is 4.79 Å². The quantitative estimate of drug-likeness (QED) is 0.372. The third-order valence-corrected chi connectivity index (χ3v) is 9.75. The first-order valence-corrected chi connectivity index (χ1v) is 15.3. The number of nitriles is 1. The average molecular weight is 635 g/mol. The first-order chi connectivity index (χ1) is 19.2. The molecule has 2 aliphatic heterocycles. The van der Waals surface area contributed by atoms with E-state index in [4.69, 9.17) is 14.7 Å². The van der Waals surface area contributed by atoms with Crippen molar-refractivity contribution in [2.24, 2.45) is 20.8 Å². The highest BCUT2D eigenvalue weighted by Crippen LogP contribution is 2.45. The minimum absolute atomic E-state index is 0.283. The van der Waals surface area contributed by atoms with Crippen LogP contribution in [0.2, 0.25) is 0 Å². The van der Waals surface area contributed by atoms with E-state index in [1.807, 2.05) is 40.7 Å². The SMILES string of the molecule is Cc1c(Br)[nH]c(C=c2[nH]c(=C(C(=O)OC(C)(C)C)C3=NC(=CC4=NC(C)(C#N)C(C)(C)C4)C(C)(C)C3)c(C)c2C)c1C. The molecule has 8 heteroatoms. The lowest BCUT2D eigenvalue weighted by molar-refractivity contribution is -0.147. The maximum atomic E-state index is 13.9. The van der Waals surface area contributed by atoms with Gasteiger partial charge >= 0.3 is 5.97 Å². The molecule has 0 bridgehead atoms. The van der Waals surface area contributed by atoms with Crippen molar-refractivity contribution in [3.8, 4) is 6.07 Å². The average Bonchev–Trinajstić information content (AvgIpc) is 3.46. The highest BCUT2D eigenvalue weighted by Gasteiger charge is 2.47. The lowest BCUT2D eigenvalue weighted by atomic mass is 9.74. The number of hydrogen-bond acceptors (Lipinski definition) is 5. The minimum Gasteiger partial charge on any atom is -0.456 e. The Bertz CT molecular complexity index is 1730. The molecule has 2 N–H and O–H groups in total. The van der Waals surface area contributed by atoms with Crippen LogP contribution in [0.1, 0.15) is 96.2 Å². The molecule has 0 aliphatic carbocycles. The first kappa shape index (κ1) is 31.7. The van der Waals surface area contributed by atoms with Crippen molar-refractivity contribution >= 4 is 45.0 Å². The number of H-pyrrole nitrogens is 2. The molecule has 0 aromatic carbocycles. The number of carbonyl (C=O) groups is 1. The number of nitrogens with one attached hydrogen (secondary N) is 2. The molecular formula is C34H44BrN5O2. The van der Waals surface area contributed by atoms with Gasteiger partial charge in [0.1, 0.15) is 16.7 Å². The van der Waals surface area contributed by atoms with Crippen LogP contribution in [0.25, 0.3) is 11.6 Å². The van der Waals surface area contributed by atoms with Gasteiger partial charge in [0, 0.05) is 39.7 Å². The largest absolute Gasteiger partial charge is 0.456 e. The molecule has 224 valence electrons. The van der Waals surface area contributed by atoms with Crippen LogP contribution in [-0.4, -0.2) is 38.5 Å². The van der Waals surface area contributed by atoms with E-state index < -0.39 is 17.1 Å². The fourth-order valence-electron chi connectivity index (χ4n) is 5.50. The third kappa shape index (κ3) is 5.73. The first-order valence-electron chi connectivity index (χ1n) is 14.5. The molecule has 4 rings (SSSR count). The number of aromatic amines is 2. The van der Waals surface area contributed by atoms with E-state index in [-0.39, 0.29) is 10.8 Å². The highest BCUT2D eigenvalue weighted by atomic mass is 79.9. The van der Waals surface area contributed by atoms with Crippen LogP contribution in [0, 0.1) is 49.9 Å². The maximum absolute atomic E-state index is 13.9. The Hall–Kier alpha value is -3.18. The minimum atomic E-state index is -0.792. The summed E-state index contributed by atoms with van der Waals surface area (Å²) >= 11 is 3.60. The second-order valence-corrected chi connectivity index (χ2v) is 15.1. The van der Waals surface area contributed by atoms with Gasteiger partial charge < -0.3 is 14.7 Å². The topological polar surface area (TPSA) is 106 Å². The van der Waals surface area contributed by atoms with E-state index in [1.54, 1.807) is 0 Å². The molecule has 2 aromatic heterocycles. The molecule has 42 heavy (non-hydrogen) atoms. The number of allylic oxidation sites excluding steroid dienone is 2. The van der Waals surface area contributed by atoms with Crippen molar-refractivity contribution in [3.05, 3.63) is 55.0 Å². The van der Waals surface area contributed by atoms with Gasteiger partial charge in [0.2, 0.25) is 0 Å². The third-order valence-electron chi connectivity index (χ3n) is 8.96. The van der Waals surface area contributed by atoms with Crippen molar-refractivity contribution < 1.29 is 9.53 Å². The summed E-state index contributed by atoms with van der Waals surface area (Å²) in [4.78, 5) is 30.7. The van der Waals surface area contributed by atoms with Gasteiger partial charge in [0.15, 0.2) is 0 Å². The Morgan fingerprint density at radius 1 is 0.976 bits per heavy atom. The predicted octanol–water partition coefficient (Wildman–Crippen LogP) is 6.57. The van der Waals surface area contributed by atoms with E-state index in [0.717, 1.165) is 54.7 Å². The van der Waals surface area contributed by atoms with Gasteiger partial charge in [-0.2, -0.15) is 5.26 Å². The zero-order valence-corrected chi connectivity index (χ0v) is 28.7. The zero-order chi connectivity index (χ0) is 31.6. The van der Waals surface area contributed by atoms with Crippen LogP contribution in [0.4, 0.5) is 0 Å². The van der Waals surface area contributed by atoms with E-state index in [1.165, 1.54) is 0 Å². The van der Waals surface area contributed by atoms with Gasteiger partial charge in [-0.05, 0) is 112 Å². The summed E-state index contributed by atoms with van der Waals surface area (Å²) < 4.78 is 6.91. The van der Waals surface area contributed by atoms with Gasteiger partial charge in [0.05, 0.1) is 21.7 Å². The van der Waals surface area contributed by atoms with Crippen LogP contribution >= 0.6 is 15.9 Å². The number of rotatable bonds is 4. The summed E-state index contributed by atoms with van der Waals surface area (Å²) in [6.07, 6.45) is 5.36. The second kappa shape index (κ2) is 10.5. The fraction of sp³-hybridized carbons (Fsp3) is 0.529. The molecule has 0 saturated heterocycles. The van der Waals surface area contributed by atoms with Crippen molar-refractivity contribution in [2.45, 2.75) is 107 Å². The molecule has 0 saturated carbocycles. The molecule has 0 radical (unpaired) electrons. The van der Waals surface area contributed by atoms with Crippen LogP contribution in [0.3, 0.4) is 0 Å². The van der Waals surface area contributed by atoms with Gasteiger partial charge in [0.25, 0.3) is 0 Å². The summed E-state index contributed by atoms with van der Waals surface area (Å²) in [6.45, 7) is 24.2. The summed E-state index contributed by atoms with van der Waals surface area (Å²) in [5.41, 5.74) is 6.14. The standard InChI is InChI=1S/C34H44BrN5O2/c1-18-20(3)28(38-23(18)14-24-19(2)21(4)29(35)39-24)27(30(41)42-31(5,6)7)25-16-32(8,9)26(37-25)13-22-15-33(10,11)34(12,17-36)40-22/h13-14,38-39H,15-16H2,1-12H3. The van der Waals surface area contributed by atoms with E-state index >= 15 is 0 Å². The number of ether oxygens (including phenoxy) is 1. The second-order valence-electron chi connectivity index (χ2n) is 14.3. The summed E-state index contributed by atoms with van der Waals surface area (Å²) in [5, 5.41) is 11.5.